The number of nitrogens with two attached hydrogens (primary N) is 1. The van der Waals surface area contributed by atoms with Crippen LogP contribution < -0.4 is 10.5 Å². The fourth-order valence-electron chi connectivity index (χ4n) is 1.97. The highest BCUT2D eigenvalue weighted by Gasteiger charge is 2.18. The number of nitrogens with zero attached hydrogens (tertiary/aromatic N) is 3. The summed E-state index contributed by atoms with van der Waals surface area (Å²) in [6.45, 7) is 0.464. The summed E-state index contributed by atoms with van der Waals surface area (Å²) in [6.07, 6.45) is 1.62. The minimum Gasteiger partial charge on any atom is -0.497 e. The van der Waals surface area contributed by atoms with Crippen LogP contribution in [0.1, 0.15) is 16.1 Å². The van der Waals surface area contributed by atoms with Crippen molar-refractivity contribution in [3.05, 3.63) is 41.7 Å². The van der Waals surface area contributed by atoms with Gasteiger partial charge in [-0.05, 0) is 17.7 Å². The van der Waals surface area contributed by atoms with E-state index in [2.05, 4.69) is 5.10 Å². The van der Waals surface area contributed by atoms with Gasteiger partial charge in [-0.3, -0.25) is 9.48 Å². The number of carbonyl (C=O) groups is 1. The summed E-state index contributed by atoms with van der Waals surface area (Å²) in [5.41, 5.74) is 7.41. The molecule has 6 nitrogen and oxygen atoms in total. The highest BCUT2D eigenvalue weighted by Crippen LogP contribution is 2.16. The average Bonchev–Trinajstić information content (AvgIpc) is 2.77. The van der Waals surface area contributed by atoms with Crippen molar-refractivity contribution in [1.82, 2.24) is 14.7 Å². The maximum atomic E-state index is 12.3. The van der Waals surface area contributed by atoms with E-state index in [-0.39, 0.29) is 11.6 Å². The number of nitrogen functional groups attached to an aromatic ring is 1. The number of aromatic nitrogens is 2. The van der Waals surface area contributed by atoms with Crippen LogP contribution >= 0.6 is 0 Å². The molecule has 0 aliphatic heterocycles. The van der Waals surface area contributed by atoms with Crippen molar-refractivity contribution in [3.8, 4) is 5.75 Å². The van der Waals surface area contributed by atoms with Gasteiger partial charge in [0, 0.05) is 26.8 Å². The molecule has 1 heterocycles. The van der Waals surface area contributed by atoms with E-state index in [9.17, 15) is 4.79 Å². The number of hydrogen-bond acceptors (Lipinski definition) is 4. The molecule has 1 aromatic heterocycles. The van der Waals surface area contributed by atoms with Gasteiger partial charge in [-0.15, -0.1) is 0 Å². The summed E-state index contributed by atoms with van der Waals surface area (Å²) in [6, 6.07) is 7.59. The third-order valence-corrected chi connectivity index (χ3v) is 2.96. The first-order chi connectivity index (χ1) is 9.51. The van der Waals surface area contributed by atoms with E-state index in [4.69, 9.17) is 10.5 Å². The van der Waals surface area contributed by atoms with E-state index >= 15 is 0 Å². The van der Waals surface area contributed by atoms with E-state index in [1.165, 1.54) is 4.68 Å². The maximum absolute atomic E-state index is 12.3. The van der Waals surface area contributed by atoms with Gasteiger partial charge in [0.1, 0.15) is 5.75 Å². The van der Waals surface area contributed by atoms with Crippen LogP contribution in [-0.4, -0.2) is 34.7 Å². The van der Waals surface area contributed by atoms with Gasteiger partial charge in [-0.2, -0.15) is 5.10 Å². The van der Waals surface area contributed by atoms with Gasteiger partial charge < -0.3 is 15.4 Å². The number of ether oxygens (including phenoxy) is 1. The van der Waals surface area contributed by atoms with Crippen molar-refractivity contribution >= 4 is 11.6 Å². The summed E-state index contributed by atoms with van der Waals surface area (Å²) >= 11 is 0. The molecule has 0 fully saturated rings. The molecule has 0 saturated heterocycles. The van der Waals surface area contributed by atoms with Gasteiger partial charge >= 0.3 is 0 Å². The Labute approximate surface area is 117 Å². The average molecular weight is 274 g/mol. The Kier molecular flexibility index (Phi) is 3.93. The summed E-state index contributed by atoms with van der Waals surface area (Å²) in [5, 5.41) is 4.08. The Bertz CT molecular complexity index is 621. The Morgan fingerprint density at radius 2 is 2.25 bits per heavy atom. The number of amides is 1. The molecule has 6 heteroatoms. The molecular weight excluding hydrogens is 256 g/mol. The molecular formula is C14H18N4O2. The SMILES string of the molecule is COc1cccc(CN(C)C(=O)c2nn(C)cc2N)c1. The Hall–Kier alpha value is -2.50. The Morgan fingerprint density at radius 3 is 2.85 bits per heavy atom. The molecule has 2 rings (SSSR count). The van der Waals surface area contributed by atoms with Crippen LogP contribution in [0.5, 0.6) is 5.75 Å². The summed E-state index contributed by atoms with van der Waals surface area (Å²) in [4.78, 5) is 13.9. The molecule has 1 aromatic carbocycles. The van der Waals surface area contributed by atoms with Crippen LogP contribution in [0.3, 0.4) is 0 Å². The molecule has 2 aromatic rings. The first-order valence-electron chi connectivity index (χ1n) is 6.18. The monoisotopic (exact) mass is 274 g/mol. The zero-order valence-electron chi connectivity index (χ0n) is 11.8. The highest BCUT2D eigenvalue weighted by molar-refractivity contribution is 5.96. The van der Waals surface area contributed by atoms with Gasteiger partial charge in [0.05, 0.1) is 12.8 Å². The molecule has 0 unspecified atom stereocenters. The second-order valence-electron chi connectivity index (χ2n) is 4.62. The Balaban J connectivity index is 2.13. The number of rotatable bonds is 4. The lowest BCUT2D eigenvalue weighted by Crippen LogP contribution is -2.27. The summed E-state index contributed by atoms with van der Waals surface area (Å²) in [5.74, 6) is 0.562. The van der Waals surface area contributed by atoms with Gasteiger partial charge in [-0.25, -0.2) is 0 Å². The quantitative estimate of drug-likeness (QED) is 0.911. The van der Waals surface area contributed by atoms with Gasteiger partial charge in [0.2, 0.25) is 0 Å². The van der Waals surface area contributed by atoms with E-state index in [1.54, 1.807) is 32.3 Å². The molecule has 106 valence electrons. The van der Waals surface area contributed by atoms with E-state index in [1.807, 2.05) is 24.3 Å². The van der Waals surface area contributed by atoms with Crippen LogP contribution in [0.25, 0.3) is 0 Å². The first-order valence-corrected chi connectivity index (χ1v) is 6.18. The van der Waals surface area contributed by atoms with E-state index < -0.39 is 0 Å². The second kappa shape index (κ2) is 5.64. The molecule has 20 heavy (non-hydrogen) atoms. The molecule has 1 amide bonds. The highest BCUT2D eigenvalue weighted by atomic mass is 16.5. The lowest BCUT2D eigenvalue weighted by Gasteiger charge is -2.16. The topological polar surface area (TPSA) is 73.4 Å². The van der Waals surface area contributed by atoms with Crippen molar-refractivity contribution < 1.29 is 9.53 Å². The number of aryl methyl sites for hydroxylation is 1. The number of carbonyl (C=O) groups excluding carboxylic acids is 1. The van der Waals surface area contributed by atoms with Crippen molar-refractivity contribution in [1.29, 1.82) is 0 Å². The third-order valence-electron chi connectivity index (χ3n) is 2.96. The zero-order chi connectivity index (χ0) is 14.7. The van der Waals surface area contributed by atoms with Gasteiger partial charge in [0.15, 0.2) is 5.69 Å². The molecule has 0 bridgehead atoms. The zero-order valence-corrected chi connectivity index (χ0v) is 11.8. The number of anilines is 1. The molecule has 0 aliphatic rings. The lowest BCUT2D eigenvalue weighted by molar-refractivity contribution is 0.0779. The predicted molar refractivity (Wildman–Crippen MR) is 76.4 cm³/mol. The van der Waals surface area contributed by atoms with Gasteiger partial charge in [0.25, 0.3) is 5.91 Å². The van der Waals surface area contributed by atoms with Crippen molar-refractivity contribution in [2.75, 3.05) is 19.9 Å². The van der Waals surface area contributed by atoms with Crippen LogP contribution in [0, 0.1) is 0 Å². The second-order valence-corrected chi connectivity index (χ2v) is 4.62. The smallest absolute Gasteiger partial charge is 0.276 e. The largest absolute Gasteiger partial charge is 0.497 e. The van der Waals surface area contributed by atoms with Crippen LogP contribution in [0.2, 0.25) is 0 Å². The molecule has 0 atom stereocenters. The van der Waals surface area contributed by atoms with Crippen LogP contribution in [0.15, 0.2) is 30.5 Å². The van der Waals surface area contributed by atoms with E-state index in [0.29, 0.717) is 12.2 Å². The molecule has 2 N–H and O–H groups in total. The van der Waals surface area contributed by atoms with Gasteiger partial charge in [-0.1, -0.05) is 12.1 Å². The normalized spacial score (nSPS) is 10.3. The molecule has 0 radical (unpaired) electrons. The predicted octanol–water partition coefficient (Wildman–Crippen LogP) is 1.28. The minimum absolute atomic E-state index is 0.203. The fourth-order valence-corrected chi connectivity index (χ4v) is 1.97. The lowest BCUT2D eigenvalue weighted by atomic mass is 10.2. The Morgan fingerprint density at radius 1 is 1.50 bits per heavy atom. The number of methoxy groups -OCH3 is 1. The summed E-state index contributed by atoms with van der Waals surface area (Å²) in [7, 11) is 5.06. The van der Waals surface area contributed by atoms with Crippen molar-refractivity contribution in [2.45, 2.75) is 6.54 Å². The van der Waals surface area contributed by atoms with Crippen LogP contribution in [-0.2, 0) is 13.6 Å². The first kappa shape index (κ1) is 13.9. The summed E-state index contributed by atoms with van der Waals surface area (Å²) < 4.78 is 6.69. The fraction of sp³-hybridized carbons (Fsp3) is 0.286. The van der Waals surface area contributed by atoms with Crippen molar-refractivity contribution in [3.63, 3.8) is 0 Å². The standard InChI is InChI=1S/C14H18N4O2/c1-17(8-10-5-4-6-11(7-10)20-3)14(19)13-12(15)9-18(2)16-13/h4-7,9H,8,15H2,1-3H3. The molecule has 0 aliphatic carbocycles. The number of hydrogen-bond donors (Lipinski definition) is 1. The number of benzene rings is 1. The maximum Gasteiger partial charge on any atom is 0.276 e. The van der Waals surface area contributed by atoms with E-state index in [0.717, 1.165) is 11.3 Å². The van der Waals surface area contributed by atoms with Crippen LogP contribution in [0.4, 0.5) is 5.69 Å². The molecule has 0 spiro atoms. The third kappa shape index (κ3) is 2.90. The minimum atomic E-state index is -0.203. The van der Waals surface area contributed by atoms with Crippen molar-refractivity contribution in [2.24, 2.45) is 7.05 Å². The molecule has 0 saturated carbocycles.